The Morgan fingerprint density at radius 3 is 2.58 bits per heavy atom. The van der Waals surface area contributed by atoms with Crippen LogP contribution in [0.3, 0.4) is 0 Å². The number of hydrogen-bond acceptors (Lipinski definition) is 5. The Morgan fingerprint density at radius 1 is 1.11 bits per heavy atom. The number of nitrogens with two attached hydrogens (primary N) is 1. The third-order valence-electron chi connectivity index (χ3n) is 2.79. The van der Waals surface area contributed by atoms with Crippen LogP contribution in [0.25, 0.3) is 0 Å². The quantitative estimate of drug-likeness (QED) is 0.660. The summed E-state index contributed by atoms with van der Waals surface area (Å²) in [5, 5.41) is 0. The molecule has 19 heavy (non-hydrogen) atoms. The summed E-state index contributed by atoms with van der Waals surface area (Å²) in [6.45, 7) is 3.24. The average Bonchev–Trinajstić information content (AvgIpc) is 2.37. The first-order chi connectivity index (χ1) is 9.26. The van der Waals surface area contributed by atoms with Gasteiger partial charge in [0.2, 0.25) is 5.88 Å². The van der Waals surface area contributed by atoms with Gasteiger partial charge in [0.25, 0.3) is 0 Å². The van der Waals surface area contributed by atoms with Crippen molar-refractivity contribution >= 4 is 5.82 Å². The molecule has 0 unspecified atom stereocenters. The minimum Gasteiger partial charge on any atom is -0.478 e. The molecule has 0 saturated carbocycles. The van der Waals surface area contributed by atoms with Gasteiger partial charge in [-0.2, -0.15) is 4.98 Å². The topological polar surface area (TPSA) is 70.3 Å². The summed E-state index contributed by atoms with van der Waals surface area (Å²) in [6.07, 6.45) is 7.44. The highest BCUT2D eigenvalue weighted by atomic mass is 16.5. The van der Waals surface area contributed by atoms with Gasteiger partial charge < -0.3 is 15.2 Å². The van der Waals surface area contributed by atoms with Crippen LogP contribution in [0.2, 0.25) is 0 Å². The number of aromatic nitrogens is 2. The molecule has 1 heterocycles. The second-order valence-electron chi connectivity index (χ2n) is 4.60. The Hall–Kier alpha value is -1.36. The molecular weight excluding hydrogens is 242 g/mol. The Kier molecular flexibility index (Phi) is 7.89. The molecule has 0 aromatic carbocycles. The third-order valence-corrected chi connectivity index (χ3v) is 2.79. The maximum atomic E-state index is 5.69. The standard InChI is InChI=1S/C14H25N3O2/c1-3-4-5-6-7-8-9-19-14-10-12(15)16-13(17-14)11-18-2/h10H,3-9,11H2,1-2H3,(H2,15,16,17). The molecule has 0 spiro atoms. The third kappa shape index (κ3) is 6.96. The van der Waals surface area contributed by atoms with Crippen molar-refractivity contribution in [2.45, 2.75) is 52.1 Å². The van der Waals surface area contributed by atoms with Gasteiger partial charge in [0.1, 0.15) is 12.4 Å². The van der Waals surface area contributed by atoms with Gasteiger partial charge >= 0.3 is 0 Å². The van der Waals surface area contributed by atoms with Crippen molar-refractivity contribution in [1.29, 1.82) is 0 Å². The van der Waals surface area contributed by atoms with Crippen molar-refractivity contribution in [3.8, 4) is 5.88 Å². The van der Waals surface area contributed by atoms with Crippen molar-refractivity contribution in [2.24, 2.45) is 0 Å². The van der Waals surface area contributed by atoms with Crippen molar-refractivity contribution in [2.75, 3.05) is 19.5 Å². The molecule has 0 aliphatic carbocycles. The first-order valence-corrected chi connectivity index (χ1v) is 7.01. The molecule has 1 aromatic rings. The van der Waals surface area contributed by atoms with Gasteiger partial charge in [-0.25, -0.2) is 4.98 Å². The molecule has 0 amide bonds. The van der Waals surface area contributed by atoms with Gasteiger partial charge in [-0.05, 0) is 6.42 Å². The lowest BCUT2D eigenvalue weighted by molar-refractivity contribution is 0.176. The summed E-state index contributed by atoms with van der Waals surface area (Å²) >= 11 is 0. The Labute approximate surface area is 115 Å². The number of rotatable bonds is 10. The molecule has 0 fully saturated rings. The normalized spacial score (nSPS) is 10.6. The van der Waals surface area contributed by atoms with E-state index in [1.54, 1.807) is 13.2 Å². The van der Waals surface area contributed by atoms with Crippen molar-refractivity contribution < 1.29 is 9.47 Å². The van der Waals surface area contributed by atoms with E-state index >= 15 is 0 Å². The smallest absolute Gasteiger partial charge is 0.218 e. The highest BCUT2D eigenvalue weighted by molar-refractivity contribution is 5.32. The van der Waals surface area contributed by atoms with Crippen LogP contribution in [0, 0.1) is 0 Å². The van der Waals surface area contributed by atoms with Crippen LogP contribution < -0.4 is 10.5 Å². The summed E-state index contributed by atoms with van der Waals surface area (Å²) in [5.41, 5.74) is 5.69. The van der Waals surface area contributed by atoms with E-state index in [1.807, 2.05) is 0 Å². The van der Waals surface area contributed by atoms with Gasteiger partial charge in [-0.15, -0.1) is 0 Å². The Balaban J connectivity index is 2.25. The molecule has 108 valence electrons. The molecule has 5 heteroatoms. The average molecular weight is 267 g/mol. The van der Waals surface area contributed by atoms with E-state index in [0.717, 1.165) is 6.42 Å². The number of hydrogen-bond donors (Lipinski definition) is 1. The predicted molar refractivity (Wildman–Crippen MR) is 76.0 cm³/mol. The fourth-order valence-corrected chi connectivity index (χ4v) is 1.82. The summed E-state index contributed by atoms with van der Waals surface area (Å²) < 4.78 is 10.6. The van der Waals surface area contributed by atoms with Crippen LogP contribution in [-0.4, -0.2) is 23.7 Å². The molecule has 1 aromatic heterocycles. The van der Waals surface area contributed by atoms with Gasteiger partial charge in [0, 0.05) is 13.2 Å². The lowest BCUT2D eigenvalue weighted by atomic mass is 10.1. The SMILES string of the molecule is CCCCCCCCOc1cc(N)nc(COC)n1. The van der Waals surface area contributed by atoms with Crippen LogP contribution in [0.4, 0.5) is 5.82 Å². The molecule has 0 radical (unpaired) electrons. The van der Waals surface area contributed by atoms with Gasteiger partial charge in [0.15, 0.2) is 5.82 Å². The van der Waals surface area contributed by atoms with Crippen molar-refractivity contribution in [3.63, 3.8) is 0 Å². The van der Waals surface area contributed by atoms with E-state index in [9.17, 15) is 0 Å². The van der Waals surface area contributed by atoms with Crippen molar-refractivity contribution in [3.05, 3.63) is 11.9 Å². The Morgan fingerprint density at radius 2 is 1.84 bits per heavy atom. The molecule has 0 saturated heterocycles. The number of nitrogens with zero attached hydrogens (tertiary/aromatic N) is 2. The van der Waals surface area contributed by atoms with E-state index in [2.05, 4.69) is 16.9 Å². The van der Waals surface area contributed by atoms with E-state index in [4.69, 9.17) is 15.2 Å². The van der Waals surface area contributed by atoms with E-state index in [1.165, 1.54) is 32.1 Å². The lowest BCUT2D eigenvalue weighted by Gasteiger charge is -2.07. The van der Waals surface area contributed by atoms with Crippen LogP contribution in [-0.2, 0) is 11.3 Å². The number of anilines is 1. The largest absolute Gasteiger partial charge is 0.478 e. The van der Waals surface area contributed by atoms with E-state index in [-0.39, 0.29) is 0 Å². The minimum atomic E-state index is 0.346. The zero-order valence-corrected chi connectivity index (χ0v) is 12.0. The first-order valence-electron chi connectivity index (χ1n) is 7.01. The van der Waals surface area contributed by atoms with E-state index in [0.29, 0.717) is 30.7 Å². The van der Waals surface area contributed by atoms with Crippen LogP contribution in [0.1, 0.15) is 51.3 Å². The molecule has 2 N–H and O–H groups in total. The molecule has 0 aliphatic heterocycles. The highest BCUT2D eigenvalue weighted by Gasteiger charge is 2.03. The van der Waals surface area contributed by atoms with E-state index < -0.39 is 0 Å². The lowest BCUT2D eigenvalue weighted by Crippen LogP contribution is -2.05. The molecule has 0 bridgehead atoms. The molecular formula is C14H25N3O2. The van der Waals surface area contributed by atoms with Crippen molar-refractivity contribution in [1.82, 2.24) is 9.97 Å². The Bertz CT molecular complexity index is 359. The fraction of sp³-hybridized carbons (Fsp3) is 0.714. The minimum absolute atomic E-state index is 0.346. The second kappa shape index (κ2) is 9.55. The summed E-state index contributed by atoms with van der Waals surface area (Å²) in [7, 11) is 1.60. The maximum Gasteiger partial charge on any atom is 0.218 e. The van der Waals surface area contributed by atoms with Crippen LogP contribution in [0.15, 0.2) is 6.07 Å². The molecule has 1 rings (SSSR count). The fourth-order valence-electron chi connectivity index (χ4n) is 1.82. The van der Waals surface area contributed by atoms with Gasteiger partial charge in [0.05, 0.1) is 6.61 Å². The monoisotopic (exact) mass is 267 g/mol. The summed E-state index contributed by atoms with van der Waals surface area (Å²) in [6, 6.07) is 1.65. The van der Waals surface area contributed by atoms with Gasteiger partial charge in [-0.3, -0.25) is 0 Å². The predicted octanol–water partition coefficient (Wildman–Crippen LogP) is 2.94. The first kappa shape index (κ1) is 15.7. The highest BCUT2D eigenvalue weighted by Crippen LogP contribution is 2.12. The maximum absolute atomic E-state index is 5.69. The zero-order chi connectivity index (χ0) is 13.9. The molecule has 0 atom stereocenters. The number of methoxy groups -OCH3 is 1. The second-order valence-corrected chi connectivity index (χ2v) is 4.60. The summed E-state index contributed by atoms with van der Waals surface area (Å²) in [5.74, 6) is 1.51. The molecule has 5 nitrogen and oxygen atoms in total. The van der Waals surface area contributed by atoms with Crippen LogP contribution in [0.5, 0.6) is 5.88 Å². The summed E-state index contributed by atoms with van der Waals surface area (Å²) in [4.78, 5) is 8.30. The number of unbranched alkanes of at least 4 members (excludes halogenated alkanes) is 5. The number of nitrogen functional groups attached to an aromatic ring is 1. The molecule has 0 aliphatic rings. The number of ether oxygens (including phenoxy) is 2. The zero-order valence-electron chi connectivity index (χ0n) is 12.0. The van der Waals surface area contributed by atoms with Gasteiger partial charge in [-0.1, -0.05) is 39.0 Å². The van der Waals surface area contributed by atoms with Crippen LogP contribution >= 0.6 is 0 Å².